The number of rotatable bonds is 10. The molecule has 0 fully saturated rings. The summed E-state index contributed by atoms with van der Waals surface area (Å²) < 4.78 is 138. The zero-order chi connectivity index (χ0) is 36.8. The van der Waals surface area contributed by atoms with Gasteiger partial charge in [0.15, 0.2) is 0 Å². The summed E-state index contributed by atoms with van der Waals surface area (Å²) >= 11 is 5.95. The van der Waals surface area contributed by atoms with E-state index in [0.717, 1.165) is 42.5 Å². The Hall–Kier alpha value is -0.920. The van der Waals surface area contributed by atoms with Crippen molar-refractivity contribution in [3.8, 4) is 5.75 Å². The zero-order valence-electron chi connectivity index (χ0n) is 27.9. The molecule has 0 aliphatic carbocycles. The topological polar surface area (TPSA) is 336 Å². The van der Waals surface area contributed by atoms with E-state index in [2.05, 4.69) is 35.8 Å². The van der Waals surface area contributed by atoms with Crippen molar-refractivity contribution < 1.29 is 175 Å². The molecule has 0 radical (unpaired) electrons. The molecule has 0 aliphatic heterocycles. The van der Waals surface area contributed by atoms with Gasteiger partial charge in [-0.15, -0.1) is 5.11 Å². The Kier molecular flexibility index (Phi) is 18.6. The van der Waals surface area contributed by atoms with Crippen molar-refractivity contribution in [1.29, 1.82) is 0 Å². The van der Waals surface area contributed by atoms with Gasteiger partial charge in [0.1, 0.15) is 40.9 Å². The number of hydrogen-bond acceptors (Lipinski definition) is 19. The molecule has 1 aromatic heterocycles. The van der Waals surface area contributed by atoms with Crippen molar-refractivity contribution in [1.82, 2.24) is 15.0 Å². The Morgan fingerprint density at radius 3 is 1.76 bits per heavy atom. The minimum atomic E-state index is -5.23. The van der Waals surface area contributed by atoms with Crippen LogP contribution in [0.5, 0.6) is 5.75 Å². The number of azo groups is 1. The van der Waals surface area contributed by atoms with Crippen molar-refractivity contribution in [3.05, 3.63) is 72.0 Å². The first kappa shape index (κ1) is 51.1. The van der Waals surface area contributed by atoms with Gasteiger partial charge in [-0.25, -0.2) is 25.3 Å². The second kappa shape index (κ2) is 19.7. The average molecular weight is 876 g/mol. The fraction of sp³-hybridized carbons (Fsp3) is 0. The molecule has 0 amide bonds. The van der Waals surface area contributed by atoms with Crippen LogP contribution in [0, 0.1) is 0 Å². The molecule has 0 bridgehead atoms. The number of halogens is 1. The van der Waals surface area contributed by atoms with Crippen LogP contribution in [-0.2, 0) is 40.5 Å². The van der Waals surface area contributed by atoms with Crippen LogP contribution in [0.1, 0.15) is 0 Å². The second-order valence-electron chi connectivity index (χ2n) is 9.64. The third kappa shape index (κ3) is 12.5. The molecule has 3 N–H and O–H groups in total. The summed E-state index contributed by atoms with van der Waals surface area (Å²) in [5.41, 5.74) is -1.73. The molecule has 0 aliphatic rings. The van der Waals surface area contributed by atoms with Gasteiger partial charge in [-0.2, -0.15) is 28.5 Å². The van der Waals surface area contributed by atoms with Gasteiger partial charge in [-0.3, -0.25) is 4.55 Å². The van der Waals surface area contributed by atoms with Crippen molar-refractivity contribution in [2.45, 2.75) is 19.6 Å². The van der Waals surface area contributed by atoms with E-state index in [0.29, 0.717) is 18.2 Å². The number of aromatic nitrogens is 3. The monoisotopic (exact) mass is 875 g/mol. The molecular formula is C25H14ClN7Na4O13S4. The molecule has 0 saturated heterocycles. The van der Waals surface area contributed by atoms with Gasteiger partial charge in [0, 0.05) is 5.69 Å². The molecule has 0 atom stereocenters. The predicted molar refractivity (Wildman–Crippen MR) is 166 cm³/mol. The zero-order valence-corrected chi connectivity index (χ0v) is 40.0. The van der Waals surface area contributed by atoms with E-state index in [-0.39, 0.29) is 135 Å². The molecule has 0 spiro atoms. The third-order valence-corrected chi connectivity index (χ3v) is 10.0. The van der Waals surface area contributed by atoms with E-state index in [1.807, 2.05) is 0 Å². The smallest absolute Gasteiger partial charge is 0.871 e. The van der Waals surface area contributed by atoms with E-state index >= 15 is 0 Å². The van der Waals surface area contributed by atoms with Gasteiger partial charge in [-0.05, 0) is 70.9 Å². The van der Waals surface area contributed by atoms with E-state index in [9.17, 15) is 57.0 Å². The minimum absolute atomic E-state index is 0. The van der Waals surface area contributed by atoms with Crippen molar-refractivity contribution in [2.75, 3.05) is 10.6 Å². The molecule has 54 heavy (non-hydrogen) atoms. The van der Waals surface area contributed by atoms with Crippen LogP contribution in [0.4, 0.5) is 34.6 Å². The Balaban J connectivity index is 0.00000364. The van der Waals surface area contributed by atoms with Gasteiger partial charge in [0.25, 0.3) is 10.1 Å². The Morgan fingerprint density at radius 2 is 1.19 bits per heavy atom. The molecule has 0 saturated carbocycles. The summed E-state index contributed by atoms with van der Waals surface area (Å²) in [7, 11) is -20.2. The van der Waals surface area contributed by atoms with Crippen LogP contribution in [0.3, 0.4) is 0 Å². The van der Waals surface area contributed by atoms with Crippen LogP contribution < -0.4 is 134 Å². The van der Waals surface area contributed by atoms with Crippen LogP contribution >= 0.6 is 11.6 Å². The fourth-order valence-electron chi connectivity index (χ4n) is 4.28. The van der Waals surface area contributed by atoms with Gasteiger partial charge >= 0.3 is 118 Å². The summed E-state index contributed by atoms with van der Waals surface area (Å²) in [5, 5.41) is 24.4. The van der Waals surface area contributed by atoms with Gasteiger partial charge in [-0.1, -0.05) is 23.9 Å². The SMILES string of the molecule is O=S(=O)([O-])c1ccc(S(=O)(=O)[O-])c(Nc2nc(Cl)nc(Nc3ccc(S(=O)(=O)O)c(N=Nc4ccc5c(S(=O)(=O)[O-])cccc5c4[O-])c3)n2)c1.[Na+].[Na+].[Na+].[Na+]. The minimum Gasteiger partial charge on any atom is -0.871 e. The molecule has 262 valence electrons. The molecule has 1 heterocycles. The third-order valence-electron chi connectivity index (χ3n) is 6.34. The standard InChI is InChI=1S/C25H18ClN7O13S4.4Na/c26-23-29-24(31-25(30-23)28-17-11-13(47(35,36)37)5-9-20(17)49(41,42)43)27-12-4-8-21(50(44,45)46)18(10-12)33-32-16-7-6-14-15(22(16)34)2-1-3-19(14)48(38,39)40;;;;/h1-11,34H,(H,35,36,37)(H,38,39,40)(H,41,42,43)(H,44,45,46)(H2,27,28,29,30,31);;;;/q;4*+1/p-4. The Bertz CT molecular complexity index is 2720. The maximum Gasteiger partial charge on any atom is 1.00 e. The maximum atomic E-state index is 13.0. The number of fused-ring (bicyclic) bond motifs is 1. The Labute approximate surface area is 400 Å². The van der Waals surface area contributed by atoms with Gasteiger partial charge in [0.05, 0.1) is 26.1 Å². The molecule has 0 unspecified atom stereocenters. The van der Waals surface area contributed by atoms with Gasteiger partial charge in [0.2, 0.25) is 17.2 Å². The first-order chi connectivity index (χ1) is 23.1. The van der Waals surface area contributed by atoms with Crippen molar-refractivity contribution >= 4 is 97.5 Å². The second-order valence-corrected chi connectivity index (χ2v) is 15.4. The summed E-state index contributed by atoms with van der Waals surface area (Å²) in [5.74, 6) is -1.86. The summed E-state index contributed by atoms with van der Waals surface area (Å²) in [6, 6.07) is 10.2. The molecule has 5 rings (SSSR count). The predicted octanol–water partition coefficient (Wildman–Crippen LogP) is -9.37. The van der Waals surface area contributed by atoms with Crippen molar-refractivity contribution in [2.24, 2.45) is 10.2 Å². The summed E-state index contributed by atoms with van der Waals surface area (Å²) in [4.78, 5) is 8.10. The van der Waals surface area contributed by atoms with Gasteiger partial charge < -0.3 is 29.4 Å². The van der Waals surface area contributed by atoms with Crippen LogP contribution in [0.25, 0.3) is 10.8 Å². The molecule has 5 aromatic rings. The maximum absolute atomic E-state index is 13.0. The van der Waals surface area contributed by atoms with E-state index in [4.69, 9.17) is 11.6 Å². The van der Waals surface area contributed by atoms with Crippen LogP contribution in [0.15, 0.2) is 96.5 Å². The molecule has 20 nitrogen and oxygen atoms in total. The largest absolute Gasteiger partial charge is 1.00 e. The first-order valence-corrected chi connectivity index (χ1v) is 18.9. The molecule has 29 heteroatoms. The Morgan fingerprint density at radius 1 is 0.611 bits per heavy atom. The normalized spacial score (nSPS) is 11.8. The summed E-state index contributed by atoms with van der Waals surface area (Å²) in [6.07, 6.45) is 0. The van der Waals surface area contributed by atoms with E-state index in [1.54, 1.807) is 0 Å². The average Bonchev–Trinajstić information content (AvgIpc) is 2.98. The molecule has 4 aromatic carbocycles. The molecular weight excluding hydrogens is 862 g/mol. The van der Waals surface area contributed by atoms with E-state index in [1.165, 1.54) is 6.07 Å². The van der Waals surface area contributed by atoms with Crippen LogP contribution in [0.2, 0.25) is 5.28 Å². The number of benzene rings is 4. The number of anilines is 4. The van der Waals surface area contributed by atoms with Crippen molar-refractivity contribution in [3.63, 3.8) is 0 Å². The number of hydrogen-bond donors (Lipinski definition) is 3. The quantitative estimate of drug-likeness (QED) is 0.0666. The summed E-state index contributed by atoms with van der Waals surface area (Å²) in [6.45, 7) is 0. The number of nitrogens with zero attached hydrogens (tertiary/aromatic N) is 5. The fourth-order valence-corrected chi connectivity index (χ4v) is 6.85. The number of nitrogens with one attached hydrogen (secondary N) is 2. The first-order valence-electron chi connectivity index (χ1n) is 12.8. The van der Waals surface area contributed by atoms with Crippen LogP contribution in [-0.4, -0.2) is 66.8 Å². The van der Waals surface area contributed by atoms with E-state index < -0.39 is 100 Å².